The van der Waals surface area contributed by atoms with Crippen molar-refractivity contribution in [3.8, 4) is 0 Å². The highest BCUT2D eigenvalue weighted by atomic mass is 16.6. The summed E-state index contributed by atoms with van der Waals surface area (Å²) in [5.41, 5.74) is 3.71. The SMILES string of the molecule is CCCCc1oc2ccccc2c1CC1(OCCCc2ccccc2)C=CC(c2ccccc2)=CC1[N+](=O)[O-]. The molecule has 2 unspecified atom stereocenters. The van der Waals surface area contributed by atoms with Gasteiger partial charge in [0.2, 0.25) is 0 Å². The Balaban J connectivity index is 1.51. The summed E-state index contributed by atoms with van der Waals surface area (Å²) in [5, 5.41) is 13.7. The number of furan rings is 1. The van der Waals surface area contributed by atoms with Crippen molar-refractivity contribution in [3.05, 3.63) is 136 Å². The summed E-state index contributed by atoms with van der Waals surface area (Å²) in [6, 6.07) is 27.0. The molecule has 5 heteroatoms. The summed E-state index contributed by atoms with van der Waals surface area (Å²) in [6.45, 7) is 2.57. The van der Waals surface area contributed by atoms with Gasteiger partial charge in [0.25, 0.3) is 6.04 Å². The molecule has 0 radical (unpaired) electrons. The topological polar surface area (TPSA) is 65.5 Å². The maximum Gasteiger partial charge on any atom is 0.264 e. The molecule has 200 valence electrons. The molecule has 5 rings (SSSR count). The molecule has 39 heavy (non-hydrogen) atoms. The van der Waals surface area contributed by atoms with E-state index in [1.807, 2.05) is 84.9 Å². The quantitative estimate of drug-likeness (QED) is 0.108. The first-order valence-electron chi connectivity index (χ1n) is 13.9. The number of aryl methyl sites for hydroxylation is 2. The Morgan fingerprint density at radius 3 is 2.38 bits per heavy atom. The zero-order valence-electron chi connectivity index (χ0n) is 22.4. The highest BCUT2D eigenvalue weighted by molar-refractivity contribution is 5.83. The van der Waals surface area contributed by atoms with E-state index >= 15 is 0 Å². The van der Waals surface area contributed by atoms with Crippen molar-refractivity contribution in [2.24, 2.45) is 0 Å². The Hall–Kier alpha value is -3.96. The van der Waals surface area contributed by atoms with Crippen molar-refractivity contribution in [2.75, 3.05) is 6.61 Å². The molecule has 2 atom stereocenters. The van der Waals surface area contributed by atoms with E-state index in [2.05, 4.69) is 19.1 Å². The smallest absolute Gasteiger partial charge is 0.264 e. The van der Waals surface area contributed by atoms with Crippen molar-refractivity contribution in [2.45, 2.75) is 57.1 Å². The summed E-state index contributed by atoms with van der Waals surface area (Å²) < 4.78 is 12.9. The molecule has 0 fully saturated rings. The molecule has 0 aliphatic heterocycles. The summed E-state index contributed by atoms with van der Waals surface area (Å²) in [5.74, 6) is 0.902. The molecule has 0 spiro atoms. The van der Waals surface area contributed by atoms with Gasteiger partial charge in [-0.3, -0.25) is 10.1 Å². The van der Waals surface area contributed by atoms with Crippen LogP contribution in [0.4, 0.5) is 0 Å². The summed E-state index contributed by atoms with van der Waals surface area (Å²) in [7, 11) is 0. The van der Waals surface area contributed by atoms with Gasteiger partial charge in [0.05, 0.1) is 0 Å². The van der Waals surface area contributed by atoms with Gasteiger partial charge >= 0.3 is 0 Å². The third kappa shape index (κ3) is 6.04. The molecule has 1 heterocycles. The molecule has 0 amide bonds. The van der Waals surface area contributed by atoms with E-state index in [9.17, 15) is 10.1 Å². The van der Waals surface area contributed by atoms with Crippen LogP contribution in [-0.2, 0) is 24.0 Å². The maximum atomic E-state index is 12.7. The van der Waals surface area contributed by atoms with E-state index < -0.39 is 11.6 Å². The Morgan fingerprint density at radius 1 is 0.923 bits per heavy atom. The van der Waals surface area contributed by atoms with Crippen molar-refractivity contribution in [1.29, 1.82) is 0 Å². The number of para-hydroxylation sites is 1. The van der Waals surface area contributed by atoms with Crippen LogP contribution in [0.25, 0.3) is 16.5 Å². The normalized spacial score (nSPS) is 18.8. The number of benzene rings is 3. The number of rotatable bonds is 12. The van der Waals surface area contributed by atoms with Gasteiger partial charge in [-0.25, -0.2) is 0 Å². The minimum absolute atomic E-state index is 0.197. The van der Waals surface area contributed by atoms with Crippen LogP contribution >= 0.6 is 0 Å². The van der Waals surface area contributed by atoms with Crippen LogP contribution in [0.2, 0.25) is 0 Å². The first-order valence-corrected chi connectivity index (χ1v) is 13.9. The van der Waals surface area contributed by atoms with Crippen LogP contribution in [0.3, 0.4) is 0 Å². The number of nitrogens with zero attached hydrogens (tertiary/aromatic N) is 1. The standard InChI is InChI=1S/C34H35NO4/c1-2-3-19-32-30(29-18-10-11-20-31(29)39-32)25-34(38-23-12-15-26-13-6-4-7-14-26)22-21-28(24-33(34)35(36)37)27-16-8-5-9-17-27/h4-11,13-14,16-18,20-22,24,33H,2-3,12,15,19,23,25H2,1H3. The van der Waals surface area contributed by atoms with E-state index in [0.29, 0.717) is 13.0 Å². The number of hydrogen-bond acceptors (Lipinski definition) is 4. The molecule has 1 aliphatic carbocycles. The van der Waals surface area contributed by atoms with Gasteiger partial charge < -0.3 is 9.15 Å². The molecular formula is C34H35NO4. The fraction of sp³-hybridized carbons (Fsp3) is 0.294. The largest absolute Gasteiger partial charge is 0.461 e. The lowest BCUT2D eigenvalue weighted by molar-refractivity contribution is -0.530. The average Bonchev–Trinajstić information content (AvgIpc) is 3.32. The predicted molar refractivity (Wildman–Crippen MR) is 156 cm³/mol. The average molecular weight is 522 g/mol. The fourth-order valence-electron chi connectivity index (χ4n) is 5.45. The van der Waals surface area contributed by atoms with Gasteiger partial charge in [-0.1, -0.05) is 98.3 Å². The zero-order valence-corrected chi connectivity index (χ0v) is 22.4. The predicted octanol–water partition coefficient (Wildman–Crippen LogP) is 8.00. The summed E-state index contributed by atoms with van der Waals surface area (Å²) >= 11 is 0. The minimum Gasteiger partial charge on any atom is -0.461 e. The van der Waals surface area contributed by atoms with Gasteiger partial charge in [-0.15, -0.1) is 0 Å². The number of unbranched alkanes of at least 4 members (excludes halogenated alkanes) is 1. The van der Waals surface area contributed by atoms with Crippen LogP contribution in [0.15, 0.2) is 108 Å². The lowest BCUT2D eigenvalue weighted by Gasteiger charge is -2.35. The summed E-state index contributed by atoms with van der Waals surface area (Å²) in [4.78, 5) is 12.5. The van der Waals surface area contributed by atoms with Gasteiger partial charge in [0, 0.05) is 41.4 Å². The Kier molecular flexibility index (Phi) is 8.38. The van der Waals surface area contributed by atoms with Crippen molar-refractivity contribution in [3.63, 3.8) is 0 Å². The lowest BCUT2D eigenvalue weighted by atomic mass is 9.80. The van der Waals surface area contributed by atoms with Gasteiger partial charge in [-0.2, -0.15) is 0 Å². The van der Waals surface area contributed by atoms with E-state index in [4.69, 9.17) is 9.15 Å². The number of fused-ring (bicyclic) bond motifs is 1. The second kappa shape index (κ2) is 12.3. The van der Waals surface area contributed by atoms with Crippen LogP contribution < -0.4 is 0 Å². The number of ether oxygens (including phenoxy) is 1. The van der Waals surface area contributed by atoms with E-state index in [1.165, 1.54) is 5.56 Å². The molecule has 1 aromatic heterocycles. The second-order valence-corrected chi connectivity index (χ2v) is 10.2. The van der Waals surface area contributed by atoms with Gasteiger partial charge in [-0.05, 0) is 48.1 Å². The zero-order chi connectivity index (χ0) is 27.1. The Labute approximate surface area is 230 Å². The van der Waals surface area contributed by atoms with Gasteiger partial charge in [0.1, 0.15) is 11.3 Å². The number of nitro groups is 1. The molecule has 4 aromatic rings. The van der Waals surface area contributed by atoms with E-state index in [0.717, 1.165) is 65.5 Å². The molecule has 3 aromatic carbocycles. The van der Waals surface area contributed by atoms with Crippen molar-refractivity contribution < 1.29 is 14.1 Å². The Bertz CT molecular complexity index is 1450. The highest BCUT2D eigenvalue weighted by Crippen LogP contribution is 2.38. The van der Waals surface area contributed by atoms with Crippen LogP contribution in [0, 0.1) is 10.1 Å². The first kappa shape index (κ1) is 26.6. The molecule has 0 saturated heterocycles. The second-order valence-electron chi connectivity index (χ2n) is 10.2. The summed E-state index contributed by atoms with van der Waals surface area (Å²) in [6.07, 6.45) is 10.5. The fourth-order valence-corrected chi connectivity index (χ4v) is 5.45. The molecule has 5 nitrogen and oxygen atoms in total. The maximum absolute atomic E-state index is 12.7. The Morgan fingerprint density at radius 2 is 1.64 bits per heavy atom. The minimum atomic E-state index is -1.13. The highest BCUT2D eigenvalue weighted by Gasteiger charge is 2.48. The van der Waals surface area contributed by atoms with Crippen LogP contribution in [-0.4, -0.2) is 23.2 Å². The third-order valence-electron chi connectivity index (χ3n) is 7.53. The molecular weight excluding hydrogens is 486 g/mol. The van der Waals surface area contributed by atoms with E-state index in [-0.39, 0.29) is 4.92 Å². The number of allylic oxidation sites excluding steroid dienone is 2. The first-order chi connectivity index (χ1) is 19.1. The molecule has 0 bridgehead atoms. The van der Waals surface area contributed by atoms with Crippen LogP contribution in [0.1, 0.15) is 48.6 Å². The van der Waals surface area contributed by atoms with Crippen molar-refractivity contribution in [1.82, 2.24) is 0 Å². The lowest BCUT2D eigenvalue weighted by Crippen LogP contribution is -2.50. The van der Waals surface area contributed by atoms with Crippen molar-refractivity contribution >= 4 is 16.5 Å². The number of hydrogen-bond donors (Lipinski definition) is 0. The molecule has 0 N–H and O–H groups in total. The van der Waals surface area contributed by atoms with Gasteiger partial charge in [0.15, 0.2) is 5.60 Å². The third-order valence-corrected chi connectivity index (χ3v) is 7.53. The van der Waals surface area contributed by atoms with Crippen LogP contribution in [0.5, 0.6) is 0 Å². The molecule has 0 saturated carbocycles. The molecule has 1 aliphatic rings. The van der Waals surface area contributed by atoms with E-state index in [1.54, 1.807) is 6.08 Å². The monoisotopic (exact) mass is 521 g/mol.